The molecular formula is C15H21Br2NO3. The van der Waals surface area contributed by atoms with Crippen molar-refractivity contribution in [1.29, 1.82) is 0 Å². The van der Waals surface area contributed by atoms with Crippen molar-refractivity contribution >= 4 is 37.8 Å². The summed E-state index contributed by atoms with van der Waals surface area (Å²) in [5.74, 6) is 0.228. The highest BCUT2D eigenvalue weighted by atomic mass is 79.9. The average molecular weight is 423 g/mol. The maximum absolute atomic E-state index is 11.6. The third-order valence-corrected chi connectivity index (χ3v) is 3.86. The Balaban J connectivity index is 2.82. The highest BCUT2D eigenvalue weighted by molar-refractivity contribution is 9.11. The van der Waals surface area contributed by atoms with E-state index in [1.165, 1.54) is 0 Å². The predicted molar refractivity (Wildman–Crippen MR) is 90.5 cm³/mol. The molecule has 0 amide bonds. The zero-order valence-corrected chi connectivity index (χ0v) is 15.9. The van der Waals surface area contributed by atoms with Gasteiger partial charge in [-0.2, -0.15) is 0 Å². The van der Waals surface area contributed by atoms with Crippen molar-refractivity contribution in [3.63, 3.8) is 0 Å². The van der Waals surface area contributed by atoms with E-state index in [0.29, 0.717) is 18.4 Å². The summed E-state index contributed by atoms with van der Waals surface area (Å²) in [5.41, 5.74) is 1.12. The molecule has 6 heteroatoms. The second-order valence-corrected chi connectivity index (χ2v) is 6.64. The summed E-state index contributed by atoms with van der Waals surface area (Å²) < 4.78 is 12.2. The van der Waals surface area contributed by atoms with Gasteiger partial charge in [0.1, 0.15) is 5.75 Å². The molecule has 0 saturated carbocycles. The van der Waals surface area contributed by atoms with Crippen molar-refractivity contribution in [3.05, 3.63) is 26.6 Å². The predicted octanol–water partition coefficient (Wildman–Crippen LogP) is 4.04. The van der Waals surface area contributed by atoms with E-state index in [9.17, 15) is 4.79 Å². The van der Waals surface area contributed by atoms with Gasteiger partial charge in [0.05, 0.1) is 15.6 Å². The van der Waals surface area contributed by atoms with E-state index in [2.05, 4.69) is 51.0 Å². The first-order valence-electron chi connectivity index (χ1n) is 6.89. The summed E-state index contributed by atoms with van der Waals surface area (Å²) in [7, 11) is 0. The molecule has 1 rings (SSSR count). The number of esters is 1. The van der Waals surface area contributed by atoms with Crippen LogP contribution in [0.1, 0.15) is 33.3 Å². The van der Waals surface area contributed by atoms with Gasteiger partial charge in [0.2, 0.25) is 0 Å². The molecule has 1 atom stereocenters. The molecule has 0 radical (unpaired) electrons. The van der Waals surface area contributed by atoms with Gasteiger partial charge >= 0.3 is 5.97 Å². The Labute approximate surface area is 142 Å². The van der Waals surface area contributed by atoms with Crippen LogP contribution in [0.4, 0.5) is 0 Å². The number of carbonyl (C=O) groups excluding carboxylic acids is 1. The van der Waals surface area contributed by atoms with Crippen LogP contribution in [0.15, 0.2) is 21.1 Å². The smallest absolute Gasteiger partial charge is 0.347 e. The van der Waals surface area contributed by atoms with E-state index in [1.807, 2.05) is 12.1 Å². The largest absolute Gasteiger partial charge is 0.477 e. The minimum absolute atomic E-state index is 0.342. The standard InChI is InChI=1S/C15H21Br2NO3/c1-5-20-15(19)10(4)21-14-12(16)6-11(7-13(14)17)8-18-9(2)3/h6-7,9-10,18H,5,8H2,1-4H3. The molecule has 21 heavy (non-hydrogen) atoms. The number of rotatable bonds is 7. The topological polar surface area (TPSA) is 47.6 Å². The Hall–Kier alpha value is -0.590. The lowest BCUT2D eigenvalue weighted by molar-refractivity contribution is -0.150. The molecule has 0 bridgehead atoms. The van der Waals surface area contributed by atoms with Gasteiger partial charge in [-0.05, 0) is 63.4 Å². The number of carbonyl (C=O) groups is 1. The van der Waals surface area contributed by atoms with Crippen LogP contribution in [-0.2, 0) is 16.1 Å². The summed E-state index contributed by atoms with van der Waals surface area (Å²) >= 11 is 6.97. The number of benzene rings is 1. The third-order valence-electron chi connectivity index (χ3n) is 2.69. The summed E-state index contributed by atoms with van der Waals surface area (Å²) in [6, 6.07) is 4.38. The van der Waals surface area contributed by atoms with E-state index in [0.717, 1.165) is 21.1 Å². The number of halogens is 2. The van der Waals surface area contributed by atoms with Crippen molar-refractivity contribution < 1.29 is 14.3 Å². The van der Waals surface area contributed by atoms with Crippen LogP contribution in [0.2, 0.25) is 0 Å². The summed E-state index contributed by atoms with van der Waals surface area (Å²) in [4.78, 5) is 11.6. The first kappa shape index (κ1) is 18.5. The molecule has 1 aromatic rings. The number of hydrogen-bond donors (Lipinski definition) is 1. The van der Waals surface area contributed by atoms with E-state index in [-0.39, 0.29) is 5.97 Å². The summed E-state index contributed by atoms with van der Waals surface area (Å²) in [5, 5.41) is 3.35. The molecule has 0 heterocycles. The lowest BCUT2D eigenvalue weighted by Crippen LogP contribution is -2.26. The monoisotopic (exact) mass is 421 g/mol. The Kier molecular flexibility index (Phi) is 7.70. The van der Waals surface area contributed by atoms with Crippen molar-refractivity contribution in [3.8, 4) is 5.75 Å². The van der Waals surface area contributed by atoms with Crippen LogP contribution in [0, 0.1) is 0 Å². The van der Waals surface area contributed by atoms with Crippen LogP contribution < -0.4 is 10.1 Å². The Morgan fingerprint density at radius 2 is 1.81 bits per heavy atom. The Morgan fingerprint density at radius 1 is 1.24 bits per heavy atom. The third kappa shape index (κ3) is 5.96. The Morgan fingerprint density at radius 3 is 2.29 bits per heavy atom. The van der Waals surface area contributed by atoms with Crippen molar-refractivity contribution in [2.24, 2.45) is 0 Å². The molecule has 4 nitrogen and oxygen atoms in total. The molecule has 0 fully saturated rings. The lowest BCUT2D eigenvalue weighted by Gasteiger charge is -2.17. The van der Waals surface area contributed by atoms with E-state index in [1.54, 1.807) is 13.8 Å². The van der Waals surface area contributed by atoms with Gasteiger partial charge in [-0.15, -0.1) is 0 Å². The van der Waals surface area contributed by atoms with Crippen molar-refractivity contribution in [1.82, 2.24) is 5.32 Å². The van der Waals surface area contributed by atoms with Gasteiger partial charge in [0, 0.05) is 12.6 Å². The van der Waals surface area contributed by atoms with Crippen molar-refractivity contribution in [2.45, 2.75) is 46.4 Å². The van der Waals surface area contributed by atoms with Gasteiger partial charge < -0.3 is 14.8 Å². The minimum Gasteiger partial charge on any atom is -0.477 e. The first-order chi connectivity index (χ1) is 9.85. The number of ether oxygens (including phenoxy) is 2. The molecule has 0 aliphatic carbocycles. The fraction of sp³-hybridized carbons (Fsp3) is 0.533. The second kappa shape index (κ2) is 8.76. The number of hydrogen-bond acceptors (Lipinski definition) is 4. The van der Waals surface area contributed by atoms with Crippen LogP contribution >= 0.6 is 31.9 Å². The van der Waals surface area contributed by atoms with Gasteiger partial charge in [-0.1, -0.05) is 13.8 Å². The zero-order valence-electron chi connectivity index (χ0n) is 12.7. The Bertz CT molecular complexity index is 469. The average Bonchev–Trinajstić information content (AvgIpc) is 2.40. The number of nitrogens with one attached hydrogen (secondary N) is 1. The van der Waals surface area contributed by atoms with Gasteiger partial charge in [0.25, 0.3) is 0 Å². The molecule has 0 aromatic heterocycles. The van der Waals surface area contributed by atoms with Crippen molar-refractivity contribution in [2.75, 3.05) is 6.61 Å². The second-order valence-electron chi connectivity index (χ2n) is 4.94. The van der Waals surface area contributed by atoms with E-state index in [4.69, 9.17) is 9.47 Å². The van der Waals surface area contributed by atoms with E-state index >= 15 is 0 Å². The highest BCUT2D eigenvalue weighted by Gasteiger charge is 2.19. The maximum Gasteiger partial charge on any atom is 0.347 e. The molecule has 0 saturated heterocycles. The molecule has 118 valence electrons. The van der Waals surface area contributed by atoms with Gasteiger partial charge in [0.15, 0.2) is 6.10 Å². The quantitative estimate of drug-likeness (QED) is 0.673. The molecule has 1 unspecified atom stereocenters. The fourth-order valence-electron chi connectivity index (χ4n) is 1.63. The fourth-order valence-corrected chi connectivity index (χ4v) is 3.10. The highest BCUT2D eigenvalue weighted by Crippen LogP contribution is 2.35. The molecular weight excluding hydrogens is 402 g/mol. The van der Waals surface area contributed by atoms with Crippen LogP contribution in [0.3, 0.4) is 0 Å². The molecule has 0 aliphatic rings. The van der Waals surface area contributed by atoms with Gasteiger partial charge in [-0.25, -0.2) is 4.79 Å². The zero-order chi connectivity index (χ0) is 16.0. The molecule has 0 spiro atoms. The first-order valence-corrected chi connectivity index (χ1v) is 8.48. The SMILES string of the molecule is CCOC(=O)C(C)Oc1c(Br)cc(CNC(C)C)cc1Br. The summed E-state index contributed by atoms with van der Waals surface area (Å²) in [6.45, 7) is 8.75. The molecule has 0 aliphatic heterocycles. The molecule has 1 aromatic carbocycles. The van der Waals surface area contributed by atoms with Crippen LogP contribution in [0.25, 0.3) is 0 Å². The van der Waals surface area contributed by atoms with Gasteiger partial charge in [-0.3, -0.25) is 0 Å². The normalized spacial score (nSPS) is 12.3. The summed E-state index contributed by atoms with van der Waals surface area (Å²) in [6.07, 6.45) is -0.655. The lowest BCUT2D eigenvalue weighted by atomic mass is 10.2. The van der Waals surface area contributed by atoms with Crippen LogP contribution in [-0.4, -0.2) is 24.7 Å². The maximum atomic E-state index is 11.6. The van der Waals surface area contributed by atoms with Crippen LogP contribution in [0.5, 0.6) is 5.75 Å². The minimum atomic E-state index is -0.655. The van der Waals surface area contributed by atoms with E-state index < -0.39 is 6.10 Å². The molecule has 1 N–H and O–H groups in total.